The third kappa shape index (κ3) is 3.99. The standard InChI is InChI=1S/C23H26F2N2O2/c1-26-22(28)3-2-12-23(26)16-27(13-14-29-20-10-8-19(25)9-11-20)15-21(23)17-4-6-18(24)7-5-17/h4-11,21H,2-3,12-16H2,1H3/t21-,23+/m0/s1. The van der Waals surface area contributed by atoms with Gasteiger partial charge in [-0.25, -0.2) is 8.78 Å². The number of likely N-dealkylation sites (tertiary alicyclic amines) is 2. The summed E-state index contributed by atoms with van der Waals surface area (Å²) >= 11 is 0. The zero-order chi connectivity index (χ0) is 20.4. The van der Waals surface area contributed by atoms with E-state index in [-0.39, 0.29) is 29.0 Å². The molecule has 2 heterocycles. The number of carbonyl (C=O) groups is 1. The number of nitrogens with zero attached hydrogens (tertiary/aromatic N) is 2. The number of hydrogen-bond acceptors (Lipinski definition) is 3. The van der Waals surface area contributed by atoms with Gasteiger partial charge in [0.25, 0.3) is 0 Å². The Bertz CT molecular complexity index is 856. The monoisotopic (exact) mass is 400 g/mol. The summed E-state index contributed by atoms with van der Waals surface area (Å²) in [6, 6.07) is 12.7. The normalized spacial score (nSPS) is 25.0. The van der Waals surface area contributed by atoms with Crippen molar-refractivity contribution in [1.29, 1.82) is 0 Å². The van der Waals surface area contributed by atoms with Crippen molar-refractivity contribution in [3.05, 3.63) is 65.7 Å². The molecule has 2 aliphatic rings. The lowest BCUT2D eigenvalue weighted by molar-refractivity contribution is -0.139. The second-order valence-corrected chi connectivity index (χ2v) is 8.05. The van der Waals surface area contributed by atoms with Gasteiger partial charge in [0.15, 0.2) is 0 Å². The minimum absolute atomic E-state index is 0.128. The Morgan fingerprint density at radius 2 is 1.72 bits per heavy atom. The molecule has 29 heavy (non-hydrogen) atoms. The molecule has 2 aromatic carbocycles. The van der Waals surface area contributed by atoms with Crippen molar-refractivity contribution < 1.29 is 18.3 Å². The van der Waals surface area contributed by atoms with Crippen LogP contribution in [-0.4, -0.2) is 54.5 Å². The van der Waals surface area contributed by atoms with Crippen LogP contribution < -0.4 is 4.74 Å². The first-order chi connectivity index (χ1) is 14.0. The van der Waals surface area contributed by atoms with Gasteiger partial charge in [-0.15, -0.1) is 0 Å². The van der Waals surface area contributed by atoms with Gasteiger partial charge in [-0.2, -0.15) is 0 Å². The molecule has 6 heteroatoms. The predicted octanol–water partition coefficient (Wildman–Crippen LogP) is 3.82. The average Bonchev–Trinajstić information content (AvgIpc) is 3.07. The van der Waals surface area contributed by atoms with Crippen molar-refractivity contribution in [2.75, 3.05) is 33.3 Å². The van der Waals surface area contributed by atoms with E-state index in [9.17, 15) is 13.6 Å². The Morgan fingerprint density at radius 1 is 1.07 bits per heavy atom. The lowest BCUT2D eigenvalue weighted by Crippen LogP contribution is -2.56. The molecular weight excluding hydrogens is 374 g/mol. The smallest absolute Gasteiger partial charge is 0.222 e. The molecule has 0 aliphatic carbocycles. The van der Waals surface area contributed by atoms with Gasteiger partial charge in [-0.1, -0.05) is 12.1 Å². The maximum absolute atomic E-state index is 13.5. The van der Waals surface area contributed by atoms with Gasteiger partial charge < -0.3 is 9.64 Å². The molecule has 154 valence electrons. The summed E-state index contributed by atoms with van der Waals surface area (Å²) in [4.78, 5) is 16.7. The van der Waals surface area contributed by atoms with E-state index in [2.05, 4.69) is 4.90 Å². The SMILES string of the molecule is CN1C(=O)CCC[C@]12CN(CCOc1ccc(F)cc1)C[C@H]2c1ccc(F)cc1. The first-order valence-corrected chi connectivity index (χ1v) is 10.1. The molecule has 0 saturated carbocycles. The quantitative estimate of drug-likeness (QED) is 0.765. The summed E-state index contributed by atoms with van der Waals surface area (Å²) in [5.41, 5.74) is 0.790. The zero-order valence-electron chi connectivity index (χ0n) is 16.6. The number of amides is 1. The predicted molar refractivity (Wildman–Crippen MR) is 107 cm³/mol. The fourth-order valence-electron chi connectivity index (χ4n) is 4.82. The van der Waals surface area contributed by atoms with E-state index in [1.807, 2.05) is 24.1 Å². The number of rotatable bonds is 5. The third-order valence-corrected chi connectivity index (χ3v) is 6.39. The van der Waals surface area contributed by atoms with E-state index in [0.29, 0.717) is 25.3 Å². The molecule has 2 saturated heterocycles. The Balaban J connectivity index is 1.49. The van der Waals surface area contributed by atoms with E-state index < -0.39 is 0 Å². The number of benzene rings is 2. The molecule has 2 aromatic rings. The lowest BCUT2D eigenvalue weighted by Gasteiger charge is -2.46. The minimum atomic E-state index is -0.286. The number of halogens is 2. The van der Waals surface area contributed by atoms with Crippen LogP contribution >= 0.6 is 0 Å². The van der Waals surface area contributed by atoms with Crippen LogP contribution in [0.2, 0.25) is 0 Å². The molecule has 4 rings (SSSR count). The summed E-state index contributed by atoms with van der Waals surface area (Å²) in [5.74, 6) is 0.403. The first kappa shape index (κ1) is 19.8. The Morgan fingerprint density at radius 3 is 2.41 bits per heavy atom. The van der Waals surface area contributed by atoms with Crippen molar-refractivity contribution in [3.8, 4) is 5.75 Å². The molecule has 0 N–H and O–H groups in total. The number of hydrogen-bond donors (Lipinski definition) is 0. The highest BCUT2D eigenvalue weighted by molar-refractivity contribution is 5.78. The molecule has 0 radical (unpaired) electrons. The van der Waals surface area contributed by atoms with Gasteiger partial charge in [-0.3, -0.25) is 9.69 Å². The molecule has 0 bridgehead atoms. The van der Waals surface area contributed by atoms with E-state index in [1.54, 1.807) is 12.1 Å². The topological polar surface area (TPSA) is 32.8 Å². The maximum Gasteiger partial charge on any atom is 0.222 e. The van der Waals surface area contributed by atoms with Gasteiger partial charge in [0.2, 0.25) is 5.91 Å². The lowest BCUT2D eigenvalue weighted by atomic mass is 9.75. The fraction of sp³-hybridized carbons (Fsp3) is 0.435. The van der Waals surface area contributed by atoms with Crippen LogP contribution in [0.1, 0.15) is 30.7 Å². The highest BCUT2D eigenvalue weighted by atomic mass is 19.1. The van der Waals surface area contributed by atoms with Gasteiger partial charge >= 0.3 is 0 Å². The van der Waals surface area contributed by atoms with E-state index in [1.165, 1.54) is 24.3 Å². The van der Waals surface area contributed by atoms with Crippen molar-refractivity contribution in [3.63, 3.8) is 0 Å². The molecule has 1 amide bonds. The Labute approximate surface area is 170 Å². The molecule has 1 spiro atoms. The number of ether oxygens (including phenoxy) is 1. The van der Waals surface area contributed by atoms with Crippen LogP contribution in [0.3, 0.4) is 0 Å². The fourth-order valence-corrected chi connectivity index (χ4v) is 4.82. The van der Waals surface area contributed by atoms with Crippen LogP contribution in [0, 0.1) is 11.6 Å². The van der Waals surface area contributed by atoms with Crippen LogP contribution in [0.15, 0.2) is 48.5 Å². The van der Waals surface area contributed by atoms with Crippen LogP contribution in [-0.2, 0) is 4.79 Å². The van der Waals surface area contributed by atoms with Crippen LogP contribution in [0.25, 0.3) is 0 Å². The van der Waals surface area contributed by atoms with E-state index in [4.69, 9.17) is 4.74 Å². The Kier molecular flexibility index (Phi) is 5.54. The first-order valence-electron chi connectivity index (χ1n) is 10.1. The summed E-state index contributed by atoms with van der Waals surface area (Å²) < 4.78 is 32.3. The van der Waals surface area contributed by atoms with Gasteiger partial charge in [0.05, 0.1) is 5.54 Å². The molecule has 4 nitrogen and oxygen atoms in total. The summed E-state index contributed by atoms with van der Waals surface area (Å²) in [6.07, 6.45) is 2.40. The third-order valence-electron chi connectivity index (χ3n) is 6.39. The van der Waals surface area contributed by atoms with E-state index in [0.717, 1.165) is 31.5 Å². The largest absolute Gasteiger partial charge is 0.492 e. The minimum Gasteiger partial charge on any atom is -0.492 e. The number of piperidine rings is 1. The summed E-state index contributed by atoms with van der Waals surface area (Å²) in [7, 11) is 1.90. The molecule has 2 aliphatic heterocycles. The van der Waals surface area contributed by atoms with Crippen molar-refractivity contribution in [1.82, 2.24) is 9.80 Å². The molecule has 2 fully saturated rings. The molecule has 0 unspecified atom stereocenters. The van der Waals surface area contributed by atoms with Crippen molar-refractivity contribution >= 4 is 5.91 Å². The number of likely N-dealkylation sites (N-methyl/N-ethyl adjacent to an activating group) is 1. The average molecular weight is 400 g/mol. The highest BCUT2D eigenvalue weighted by Crippen LogP contribution is 2.45. The van der Waals surface area contributed by atoms with Crippen molar-refractivity contribution in [2.24, 2.45) is 0 Å². The van der Waals surface area contributed by atoms with Crippen molar-refractivity contribution in [2.45, 2.75) is 30.7 Å². The molecule has 2 atom stereocenters. The van der Waals surface area contributed by atoms with Gasteiger partial charge in [0, 0.05) is 39.0 Å². The second kappa shape index (κ2) is 8.11. The maximum atomic E-state index is 13.5. The van der Waals surface area contributed by atoms with Gasteiger partial charge in [-0.05, 0) is 54.8 Å². The number of carbonyl (C=O) groups excluding carboxylic acids is 1. The molecule has 0 aromatic heterocycles. The van der Waals surface area contributed by atoms with E-state index >= 15 is 0 Å². The highest BCUT2D eigenvalue weighted by Gasteiger charge is 2.52. The Hall–Kier alpha value is -2.47. The molecular formula is C23H26F2N2O2. The second-order valence-electron chi connectivity index (χ2n) is 8.05. The van der Waals surface area contributed by atoms with Crippen LogP contribution in [0.5, 0.6) is 5.75 Å². The van der Waals surface area contributed by atoms with Crippen LogP contribution in [0.4, 0.5) is 8.78 Å². The zero-order valence-corrected chi connectivity index (χ0v) is 16.6. The summed E-state index contributed by atoms with van der Waals surface area (Å²) in [6.45, 7) is 2.74. The summed E-state index contributed by atoms with van der Waals surface area (Å²) in [5, 5.41) is 0. The van der Waals surface area contributed by atoms with Gasteiger partial charge in [0.1, 0.15) is 24.0 Å².